The zero-order chi connectivity index (χ0) is 19.7. The Bertz CT molecular complexity index is 895. The van der Waals surface area contributed by atoms with Gasteiger partial charge in [0.15, 0.2) is 5.78 Å². The molecular formula is C22H20F3NO2. The molecule has 0 unspecified atom stereocenters. The van der Waals surface area contributed by atoms with E-state index in [1.807, 2.05) is 18.2 Å². The van der Waals surface area contributed by atoms with E-state index in [9.17, 15) is 18.0 Å². The third-order valence-electron chi connectivity index (χ3n) is 5.30. The van der Waals surface area contributed by atoms with E-state index >= 15 is 0 Å². The van der Waals surface area contributed by atoms with Crippen LogP contribution in [0.3, 0.4) is 0 Å². The SMILES string of the molecule is O=C1/C(=C/c2ccc(OCc3cccc(C(F)(F)F)c3)cc2)N2CCC1CC2. The molecule has 0 radical (unpaired) electrons. The smallest absolute Gasteiger partial charge is 0.416 e. The van der Waals surface area contributed by atoms with Gasteiger partial charge in [-0.15, -0.1) is 0 Å². The lowest BCUT2D eigenvalue weighted by molar-refractivity contribution is -0.137. The van der Waals surface area contributed by atoms with E-state index in [1.54, 1.807) is 18.2 Å². The first-order valence-electron chi connectivity index (χ1n) is 9.30. The molecule has 5 rings (SSSR count). The van der Waals surface area contributed by atoms with E-state index in [-0.39, 0.29) is 18.3 Å². The molecule has 3 heterocycles. The summed E-state index contributed by atoms with van der Waals surface area (Å²) in [4.78, 5) is 14.5. The van der Waals surface area contributed by atoms with Crippen LogP contribution in [0.1, 0.15) is 29.5 Å². The molecule has 2 aromatic carbocycles. The van der Waals surface area contributed by atoms with Crippen LogP contribution in [0.25, 0.3) is 6.08 Å². The number of ether oxygens (including phenoxy) is 1. The molecule has 0 atom stereocenters. The quantitative estimate of drug-likeness (QED) is 0.698. The van der Waals surface area contributed by atoms with Gasteiger partial charge in [-0.2, -0.15) is 13.2 Å². The number of hydrogen-bond donors (Lipinski definition) is 0. The van der Waals surface area contributed by atoms with Crippen LogP contribution < -0.4 is 4.74 Å². The average molecular weight is 387 g/mol. The van der Waals surface area contributed by atoms with Gasteiger partial charge in [-0.25, -0.2) is 0 Å². The minimum atomic E-state index is -4.36. The van der Waals surface area contributed by atoms with Gasteiger partial charge in [-0.05, 0) is 54.3 Å². The molecule has 3 saturated heterocycles. The monoisotopic (exact) mass is 387 g/mol. The molecule has 0 amide bonds. The van der Waals surface area contributed by atoms with Crippen molar-refractivity contribution < 1.29 is 22.7 Å². The molecule has 0 saturated carbocycles. The molecule has 2 bridgehead atoms. The van der Waals surface area contributed by atoms with Gasteiger partial charge in [0.05, 0.1) is 11.3 Å². The van der Waals surface area contributed by atoms with Gasteiger partial charge in [0, 0.05) is 19.0 Å². The minimum Gasteiger partial charge on any atom is -0.489 e. The van der Waals surface area contributed by atoms with Gasteiger partial charge in [-0.1, -0.05) is 24.3 Å². The zero-order valence-corrected chi connectivity index (χ0v) is 15.2. The van der Waals surface area contributed by atoms with Crippen LogP contribution in [-0.2, 0) is 17.6 Å². The normalized spacial score (nSPS) is 18.8. The lowest BCUT2D eigenvalue weighted by atomic mass is 9.84. The van der Waals surface area contributed by atoms with Gasteiger partial charge in [0.25, 0.3) is 0 Å². The Morgan fingerprint density at radius 3 is 2.43 bits per heavy atom. The number of rotatable bonds is 4. The van der Waals surface area contributed by atoms with Crippen LogP contribution in [0.5, 0.6) is 5.75 Å². The van der Waals surface area contributed by atoms with Gasteiger partial charge >= 0.3 is 6.18 Å². The van der Waals surface area contributed by atoms with Crippen molar-refractivity contribution in [2.75, 3.05) is 13.1 Å². The number of nitrogens with zero attached hydrogens (tertiary/aromatic N) is 1. The van der Waals surface area contributed by atoms with Gasteiger partial charge in [-0.3, -0.25) is 4.79 Å². The summed E-state index contributed by atoms with van der Waals surface area (Å²) >= 11 is 0. The largest absolute Gasteiger partial charge is 0.489 e. The lowest BCUT2D eigenvalue weighted by Gasteiger charge is -2.41. The van der Waals surface area contributed by atoms with Gasteiger partial charge in [0.1, 0.15) is 12.4 Å². The number of piperidine rings is 3. The Kier molecular flexibility index (Phi) is 4.87. The van der Waals surface area contributed by atoms with Gasteiger partial charge in [0.2, 0.25) is 0 Å². The standard InChI is InChI=1S/C22H20F3NO2/c23-22(24,25)18-3-1-2-16(12-18)14-28-19-6-4-15(5-7-19)13-20-21(27)17-8-10-26(20)11-9-17/h1-7,12-13,17H,8-11,14H2/b20-13-. The molecule has 0 aliphatic carbocycles. The van der Waals surface area contributed by atoms with Crippen molar-refractivity contribution >= 4 is 11.9 Å². The maximum absolute atomic E-state index is 12.8. The summed E-state index contributed by atoms with van der Waals surface area (Å²) in [6.07, 6.45) is -0.571. The summed E-state index contributed by atoms with van der Waals surface area (Å²) in [5, 5.41) is 0. The van der Waals surface area contributed by atoms with Gasteiger partial charge < -0.3 is 9.64 Å². The first-order valence-corrected chi connectivity index (χ1v) is 9.30. The summed E-state index contributed by atoms with van der Waals surface area (Å²) in [7, 11) is 0. The lowest BCUT2D eigenvalue weighted by Crippen LogP contribution is -2.45. The van der Waals surface area contributed by atoms with Crippen molar-refractivity contribution in [1.29, 1.82) is 0 Å². The molecular weight excluding hydrogens is 367 g/mol. The highest BCUT2D eigenvalue weighted by atomic mass is 19.4. The fourth-order valence-corrected chi connectivity index (χ4v) is 3.73. The van der Waals surface area contributed by atoms with Crippen LogP contribution in [0.15, 0.2) is 54.2 Å². The summed E-state index contributed by atoms with van der Waals surface area (Å²) in [5.41, 5.74) is 1.46. The second kappa shape index (κ2) is 7.34. The maximum atomic E-state index is 12.8. The number of Topliss-reactive ketones (excluding diaryl/α,β-unsaturated/α-hetero) is 1. The summed E-state index contributed by atoms with van der Waals surface area (Å²) in [6.45, 7) is 1.92. The summed E-state index contributed by atoms with van der Waals surface area (Å²) in [6, 6.07) is 12.4. The summed E-state index contributed by atoms with van der Waals surface area (Å²) in [5.74, 6) is 0.949. The molecule has 0 aromatic heterocycles. The Hall–Kier alpha value is -2.76. The average Bonchev–Trinajstić information content (AvgIpc) is 2.70. The number of carbonyl (C=O) groups excluding carboxylic acids is 1. The maximum Gasteiger partial charge on any atom is 0.416 e. The van der Waals surface area contributed by atoms with Crippen molar-refractivity contribution in [3.05, 3.63) is 70.9 Å². The second-order valence-corrected chi connectivity index (χ2v) is 7.21. The topological polar surface area (TPSA) is 29.5 Å². The van der Waals surface area contributed by atoms with E-state index in [0.29, 0.717) is 11.3 Å². The predicted octanol–water partition coefficient (Wildman–Crippen LogP) is 4.92. The van der Waals surface area contributed by atoms with Crippen molar-refractivity contribution in [2.24, 2.45) is 5.92 Å². The molecule has 146 valence electrons. The highest BCUT2D eigenvalue weighted by Gasteiger charge is 2.36. The molecule has 28 heavy (non-hydrogen) atoms. The predicted molar refractivity (Wildman–Crippen MR) is 99.5 cm³/mol. The molecule has 6 heteroatoms. The highest BCUT2D eigenvalue weighted by molar-refractivity contribution is 6.01. The van der Waals surface area contributed by atoms with Crippen LogP contribution in [0.4, 0.5) is 13.2 Å². The Balaban J connectivity index is 1.42. The molecule has 3 fully saturated rings. The molecule has 0 N–H and O–H groups in total. The first-order chi connectivity index (χ1) is 13.4. The molecule has 3 aliphatic heterocycles. The van der Waals surface area contributed by atoms with E-state index in [2.05, 4.69) is 4.90 Å². The number of allylic oxidation sites excluding steroid dienone is 1. The highest BCUT2D eigenvalue weighted by Crippen LogP contribution is 2.33. The molecule has 3 aliphatic rings. The van der Waals surface area contributed by atoms with Crippen LogP contribution in [0.2, 0.25) is 0 Å². The van der Waals surface area contributed by atoms with E-state index in [1.165, 1.54) is 6.07 Å². The van der Waals surface area contributed by atoms with Crippen molar-refractivity contribution in [2.45, 2.75) is 25.6 Å². The van der Waals surface area contributed by atoms with E-state index in [4.69, 9.17) is 4.74 Å². The van der Waals surface area contributed by atoms with Crippen molar-refractivity contribution in [3.63, 3.8) is 0 Å². The van der Waals surface area contributed by atoms with Crippen molar-refractivity contribution in [3.8, 4) is 5.75 Å². The third-order valence-corrected chi connectivity index (χ3v) is 5.30. The summed E-state index contributed by atoms with van der Waals surface area (Å²) < 4.78 is 43.9. The number of halogens is 3. The Labute approximate surface area is 161 Å². The zero-order valence-electron chi connectivity index (χ0n) is 15.2. The fraction of sp³-hybridized carbons (Fsp3) is 0.318. The van der Waals surface area contributed by atoms with Crippen LogP contribution in [-0.4, -0.2) is 23.8 Å². The number of carbonyl (C=O) groups is 1. The number of fused-ring (bicyclic) bond motifs is 3. The third kappa shape index (κ3) is 3.91. The first kappa shape index (κ1) is 18.6. The number of ketones is 1. The van der Waals surface area contributed by atoms with E-state index in [0.717, 1.165) is 49.3 Å². The molecule has 3 nitrogen and oxygen atoms in total. The minimum absolute atomic E-state index is 0.0539. The number of benzene rings is 2. The Morgan fingerprint density at radius 2 is 1.79 bits per heavy atom. The van der Waals surface area contributed by atoms with Crippen molar-refractivity contribution in [1.82, 2.24) is 4.90 Å². The Morgan fingerprint density at radius 1 is 1.07 bits per heavy atom. The van der Waals surface area contributed by atoms with Crippen LogP contribution >= 0.6 is 0 Å². The van der Waals surface area contributed by atoms with Crippen LogP contribution in [0, 0.1) is 5.92 Å². The fourth-order valence-electron chi connectivity index (χ4n) is 3.73. The van der Waals surface area contributed by atoms with E-state index < -0.39 is 11.7 Å². The number of alkyl halides is 3. The molecule has 0 spiro atoms. The second-order valence-electron chi connectivity index (χ2n) is 7.21. The number of hydrogen-bond acceptors (Lipinski definition) is 3. The molecule has 2 aromatic rings.